The van der Waals surface area contributed by atoms with Gasteiger partial charge in [0.1, 0.15) is 12.0 Å². The maximum absolute atomic E-state index is 11.8. The molecule has 1 aromatic heterocycles. The smallest absolute Gasteiger partial charge is 0.269 e. The van der Waals surface area contributed by atoms with Crippen LogP contribution in [0.25, 0.3) is 0 Å². The Bertz CT molecular complexity index is 670. The molecule has 0 spiro atoms. The van der Waals surface area contributed by atoms with E-state index in [0.717, 1.165) is 24.8 Å². The molecule has 3 N–H and O–H groups in total. The van der Waals surface area contributed by atoms with Crippen molar-refractivity contribution < 1.29 is 14.1 Å². The third kappa shape index (κ3) is 5.68. The summed E-state index contributed by atoms with van der Waals surface area (Å²) < 4.78 is 5.11. The van der Waals surface area contributed by atoms with Crippen LogP contribution in [0.2, 0.25) is 0 Å². The molecule has 0 atom stereocenters. The van der Waals surface area contributed by atoms with Crippen LogP contribution in [0.5, 0.6) is 0 Å². The Morgan fingerprint density at radius 3 is 2.54 bits per heavy atom. The molecule has 0 aliphatic heterocycles. The number of nitro benzene ring substituents is 1. The van der Waals surface area contributed by atoms with E-state index in [1.807, 2.05) is 0 Å². The molecule has 0 bridgehead atoms. The second-order valence-corrected chi connectivity index (χ2v) is 5.14. The van der Waals surface area contributed by atoms with Crippen LogP contribution < -0.4 is 11.1 Å². The fourth-order valence-electron chi connectivity index (χ4n) is 2.15. The molecule has 2 aromatic rings. The maximum atomic E-state index is 11.8. The first kappa shape index (κ1) is 19.7. The Balaban J connectivity index is 0.00000288. The van der Waals surface area contributed by atoms with Crippen LogP contribution >= 0.6 is 12.4 Å². The number of amides is 1. The monoisotopic (exact) mass is 353 g/mol. The molecule has 1 amide bonds. The molecule has 1 heterocycles. The standard InChI is InChI=1S/C16H19N3O4.ClH/c17-10-15-9-13(11-23-15)16(20)18-8-2-1-3-12-4-6-14(7-5-12)19(21)22;/h4-7,9,11H,1-3,8,10,17H2,(H,18,20);1H. The summed E-state index contributed by atoms with van der Waals surface area (Å²) in [6, 6.07) is 8.16. The Hall–Kier alpha value is -2.38. The van der Waals surface area contributed by atoms with Gasteiger partial charge in [-0.1, -0.05) is 12.1 Å². The number of unbranched alkanes of at least 4 members (excludes halogenated alkanes) is 1. The SMILES string of the molecule is Cl.NCc1cc(C(=O)NCCCCc2ccc([N+](=O)[O-])cc2)co1. The average molecular weight is 354 g/mol. The van der Waals surface area contributed by atoms with E-state index in [2.05, 4.69) is 5.32 Å². The minimum Gasteiger partial charge on any atom is -0.467 e. The van der Waals surface area contributed by atoms with Gasteiger partial charge in [-0.15, -0.1) is 12.4 Å². The van der Waals surface area contributed by atoms with Crippen molar-refractivity contribution in [1.82, 2.24) is 5.32 Å². The minimum atomic E-state index is -0.411. The molecule has 0 radical (unpaired) electrons. The van der Waals surface area contributed by atoms with Crippen LogP contribution in [-0.2, 0) is 13.0 Å². The lowest BCUT2D eigenvalue weighted by Gasteiger charge is -2.04. The highest BCUT2D eigenvalue weighted by Crippen LogP contribution is 2.13. The number of furan rings is 1. The van der Waals surface area contributed by atoms with E-state index in [1.54, 1.807) is 18.2 Å². The summed E-state index contributed by atoms with van der Waals surface area (Å²) in [5, 5.41) is 13.4. The fraction of sp³-hybridized carbons (Fsp3) is 0.312. The first-order valence-corrected chi connectivity index (χ1v) is 7.39. The number of rotatable bonds is 8. The molecular formula is C16H20ClN3O4. The van der Waals surface area contributed by atoms with Gasteiger partial charge in [-0.3, -0.25) is 14.9 Å². The molecule has 130 valence electrons. The average Bonchev–Trinajstić information content (AvgIpc) is 3.04. The maximum Gasteiger partial charge on any atom is 0.269 e. The summed E-state index contributed by atoms with van der Waals surface area (Å²) in [6.45, 7) is 0.831. The lowest BCUT2D eigenvalue weighted by atomic mass is 10.1. The molecule has 7 nitrogen and oxygen atoms in total. The van der Waals surface area contributed by atoms with Gasteiger partial charge in [-0.25, -0.2) is 0 Å². The molecule has 2 rings (SSSR count). The Labute approximate surface area is 145 Å². The first-order valence-electron chi connectivity index (χ1n) is 7.39. The van der Waals surface area contributed by atoms with E-state index < -0.39 is 4.92 Å². The third-order valence-electron chi connectivity index (χ3n) is 3.44. The molecule has 0 unspecified atom stereocenters. The Morgan fingerprint density at radius 1 is 1.25 bits per heavy atom. The molecule has 0 saturated heterocycles. The summed E-state index contributed by atoms with van der Waals surface area (Å²) in [5.41, 5.74) is 7.04. The normalized spacial score (nSPS) is 10.0. The number of carbonyl (C=O) groups excluding carboxylic acids is 1. The van der Waals surface area contributed by atoms with Gasteiger partial charge in [0, 0.05) is 18.7 Å². The number of benzene rings is 1. The molecule has 0 saturated carbocycles. The summed E-state index contributed by atoms with van der Waals surface area (Å²) in [5.74, 6) is 0.400. The van der Waals surface area contributed by atoms with E-state index in [0.29, 0.717) is 17.9 Å². The van der Waals surface area contributed by atoms with Gasteiger partial charge in [0.05, 0.1) is 17.0 Å². The fourth-order valence-corrected chi connectivity index (χ4v) is 2.15. The number of nitro groups is 1. The van der Waals surface area contributed by atoms with Crippen LogP contribution in [0.4, 0.5) is 5.69 Å². The van der Waals surface area contributed by atoms with E-state index in [1.165, 1.54) is 18.4 Å². The minimum absolute atomic E-state index is 0. The number of hydrogen-bond donors (Lipinski definition) is 2. The van der Waals surface area contributed by atoms with Crippen LogP contribution in [0, 0.1) is 10.1 Å². The predicted octanol–water partition coefficient (Wildman–Crippen LogP) is 2.82. The summed E-state index contributed by atoms with van der Waals surface area (Å²) in [6.07, 6.45) is 3.92. The van der Waals surface area contributed by atoms with Gasteiger partial charge in [-0.05, 0) is 30.9 Å². The number of nitrogens with two attached hydrogens (primary N) is 1. The number of hydrogen-bond acceptors (Lipinski definition) is 5. The van der Waals surface area contributed by atoms with Gasteiger partial charge >= 0.3 is 0 Å². The number of aryl methyl sites for hydroxylation is 1. The quantitative estimate of drug-likeness (QED) is 0.430. The molecule has 0 aliphatic rings. The van der Waals surface area contributed by atoms with Crippen LogP contribution in [0.15, 0.2) is 41.0 Å². The van der Waals surface area contributed by atoms with E-state index in [-0.39, 0.29) is 30.5 Å². The number of nitrogens with zero attached hydrogens (tertiary/aromatic N) is 1. The van der Waals surface area contributed by atoms with Crippen molar-refractivity contribution in [3.8, 4) is 0 Å². The lowest BCUT2D eigenvalue weighted by Crippen LogP contribution is -2.24. The second-order valence-electron chi connectivity index (χ2n) is 5.14. The number of nitrogens with one attached hydrogen (secondary N) is 1. The zero-order valence-corrected chi connectivity index (χ0v) is 13.9. The topological polar surface area (TPSA) is 111 Å². The summed E-state index contributed by atoms with van der Waals surface area (Å²) >= 11 is 0. The van der Waals surface area contributed by atoms with Crippen molar-refractivity contribution in [3.63, 3.8) is 0 Å². The van der Waals surface area contributed by atoms with Crippen LogP contribution in [0.3, 0.4) is 0 Å². The zero-order valence-electron chi connectivity index (χ0n) is 13.1. The van der Waals surface area contributed by atoms with Gasteiger partial charge in [0.2, 0.25) is 0 Å². The van der Waals surface area contributed by atoms with E-state index in [4.69, 9.17) is 10.2 Å². The van der Waals surface area contributed by atoms with Crippen molar-refractivity contribution in [2.24, 2.45) is 5.73 Å². The lowest BCUT2D eigenvalue weighted by molar-refractivity contribution is -0.384. The second kappa shape index (κ2) is 9.69. The van der Waals surface area contributed by atoms with Gasteiger partial charge < -0.3 is 15.5 Å². The summed E-state index contributed by atoms with van der Waals surface area (Å²) in [7, 11) is 0. The molecule has 0 fully saturated rings. The Kier molecular flexibility index (Phi) is 7.94. The van der Waals surface area contributed by atoms with Crippen molar-refractivity contribution >= 4 is 24.0 Å². The number of non-ortho nitro benzene ring substituents is 1. The highest BCUT2D eigenvalue weighted by Gasteiger charge is 2.08. The molecule has 0 aliphatic carbocycles. The van der Waals surface area contributed by atoms with Crippen LogP contribution in [-0.4, -0.2) is 17.4 Å². The highest BCUT2D eigenvalue weighted by molar-refractivity contribution is 5.93. The van der Waals surface area contributed by atoms with Gasteiger partial charge in [0.25, 0.3) is 11.6 Å². The van der Waals surface area contributed by atoms with Crippen LogP contribution in [0.1, 0.15) is 34.5 Å². The van der Waals surface area contributed by atoms with Crippen molar-refractivity contribution in [2.75, 3.05) is 6.54 Å². The van der Waals surface area contributed by atoms with Gasteiger partial charge in [-0.2, -0.15) is 0 Å². The largest absolute Gasteiger partial charge is 0.467 e. The zero-order chi connectivity index (χ0) is 16.7. The predicted molar refractivity (Wildman–Crippen MR) is 92.2 cm³/mol. The number of carbonyl (C=O) groups is 1. The first-order chi connectivity index (χ1) is 11.1. The Morgan fingerprint density at radius 2 is 1.96 bits per heavy atom. The highest BCUT2D eigenvalue weighted by atomic mass is 35.5. The number of halogens is 1. The molecule has 1 aromatic carbocycles. The van der Waals surface area contributed by atoms with Crippen molar-refractivity contribution in [1.29, 1.82) is 0 Å². The summed E-state index contributed by atoms with van der Waals surface area (Å²) in [4.78, 5) is 22.0. The van der Waals surface area contributed by atoms with Crippen molar-refractivity contribution in [3.05, 3.63) is 63.6 Å². The molecule has 8 heteroatoms. The van der Waals surface area contributed by atoms with E-state index in [9.17, 15) is 14.9 Å². The molecule has 24 heavy (non-hydrogen) atoms. The van der Waals surface area contributed by atoms with E-state index >= 15 is 0 Å². The van der Waals surface area contributed by atoms with Crippen molar-refractivity contribution in [2.45, 2.75) is 25.8 Å². The third-order valence-corrected chi connectivity index (χ3v) is 3.44. The molecular weight excluding hydrogens is 334 g/mol. The van der Waals surface area contributed by atoms with Gasteiger partial charge in [0.15, 0.2) is 0 Å².